The van der Waals surface area contributed by atoms with Crippen LogP contribution in [0.4, 0.5) is 0 Å². The average molecular weight is 306 g/mol. The number of fused-ring (bicyclic) bond motifs is 4. The zero-order valence-electron chi connectivity index (χ0n) is 12.9. The summed E-state index contributed by atoms with van der Waals surface area (Å²) >= 11 is 0. The number of rotatable bonds is 1. The van der Waals surface area contributed by atoms with E-state index in [4.69, 9.17) is 0 Å². The number of aryl methyl sites for hydroxylation is 1. The van der Waals surface area contributed by atoms with Crippen molar-refractivity contribution in [3.63, 3.8) is 0 Å². The van der Waals surface area contributed by atoms with Crippen LogP contribution in [0, 0.1) is 5.92 Å². The quantitative estimate of drug-likeness (QED) is 0.751. The zero-order valence-corrected chi connectivity index (χ0v) is 12.9. The zero-order chi connectivity index (χ0) is 15.6. The van der Waals surface area contributed by atoms with Gasteiger partial charge in [0.05, 0.1) is 36.6 Å². The molecule has 3 atom stereocenters. The van der Waals surface area contributed by atoms with E-state index in [2.05, 4.69) is 38.9 Å². The maximum Gasteiger partial charge on any atom is 0.0956 e. The smallest absolute Gasteiger partial charge is 0.0956 e. The lowest BCUT2D eigenvalue weighted by Crippen LogP contribution is -2.28. The summed E-state index contributed by atoms with van der Waals surface area (Å²) in [5, 5.41) is 15.3. The highest BCUT2D eigenvalue weighted by molar-refractivity contribution is 5.69. The van der Waals surface area contributed by atoms with E-state index in [1.807, 2.05) is 30.5 Å². The van der Waals surface area contributed by atoms with Crippen LogP contribution in [0.25, 0.3) is 11.3 Å². The molecule has 1 aromatic carbocycles. The van der Waals surface area contributed by atoms with Crippen LogP contribution in [0.1, 0.15) is 35.4 Å². The standard InChI is InChI=1S/C18H18N4O/c1-21-15-7-6-13(18(23)14(15)8-20-21)17-12-5-3-2-4-11(12)16-9-19-10-22(16)17/h2-5,8-10,13,17-18,23H,6-7H2,1H3/t13-,17?,18-/m0/s1. The SMILES string of the molecule is Cn1ncc2c1CC[C@@H](C1c3ccccc3-c3cncn31)[C@@H]2O. The van der Waals surface area contributed by atoms with E-state index >= 15 is 0 Å². The molecule has 3 heterocycles. The summed E-state index contributed by atoms with van der Waals surface area (Å²) in [6.07, 6.45) is 7.05. The Labute approximate surface area is 134 Å². The van der Waals surface area contributed by atoms with Gasteiger partial charge in [-0.25, -0.2) is 4.98 Å². The monoisotopic (exact) mass is 306 g/mol. The summed E-state index contributed by atoms with van der Waals surface area (Å²) in [6, 6.07) is 8.62. The van der Waals surface area contributed by atoms with Gasteiger partial charge in [-0.2, -0.15) is 5.10 Å². The lowest BCUT2D eigenvalue weighted by Gasteiger charge is -2.33. The molecule has 0 radical (unpaired) electrons. The minimum atomic E-state index is -0.487. The summed E-state index contributed by atoms with van der Waals surface area (Å²) in [5.74, 6) is 0.142. The van der Waals surface area contributed by atoms with Crippen molar-refractivity contribution in [2.24, 2.45) is 13.0 Å². The first-order valence-corrected chi connectivity index (χ1v) is 8.05. The van der Waals surface area contributed by atoms with E-state index in [1.165, 1.54) is 11.1 Å². The van der Waals surface area contributed by atoms with E-state index < -0.39 is 6.10 Å². The molecule has 2 aliphatic rings. The first-order chi connectivity index (χ1) is 11.3. The van der Waals surface area contributed by atoms with E-state index in [0.29, 0.717) is 0 Å². The summed E-state index contributed by atoms with van der Waals surface area (Å²) in [6.45, 7) is 0. The van der Waals surface area contributed by atoms with Gasteiger partial charge in [0.1, 0.15) is 0 Å². The number of hydrogen-bond donors (Lipinski definition) is 1. The number of aliphatic hydroxyl groups is 1. The van der Waals surface area contributed by atoms with Gasteiger partial charge in [-0.05, 0) is 18.4 Å². The van der Waals surface area contributed by atoms with Gasteiger partial charge in [0.15, 0.2) is 0 Å². The molecule has 0 saturated heterocycles. The van der Waals surface area contributed by atoms with E-state index in [-0.39, 0.29) is 12.0 Å². The number of hydrogen-bond acceptors (Lipinski definition) is 3. The Bertz CT molecular complexity index is 894. The van der Waals surface area contributed by atoms with Crippen molar-refractivity contribution in [2.45, 2.75) is 25.0 Å². The summed E-state index contributed by atoms with van der Waals surface area (Å²) in [4.78, 5) is 4.33. The van der Waals surface area contributed by atoms with Crippen molar-refractivity contribution < 1.29 is 5.11 Å². The van der Waals surface area contributed by atoms with Crippen molar-refractivity contribution in [3.8, 4) is 11.3 Å². The molecule has 0 saturated carbocycles. The van der Waals surface area contributed by atoms with Gasteiger partial charge in [0.25, 0.3) is 0 Å². The summed E-state index contributed by atoms with van der Waals surface area (Å²) in [7, 11) is 1.95. The molecule has 0 fully saturated rings. The minimum Gasteiger partial charge on any atom is -0.388 e. The molecule has 1 aliphatic heterocycles. The van der Waals surface area contributed by atoms with Crippen molar-refractivity contribution in [1.82, 2.24) is 19.3 Å². The van der Waals surface area contributed by atoms with Gasteiger partial charge in [-0.15, -0.1) is 0 Å². The molecule has 23 heavy (non-hydrogen) atoms. The van der Waals surface area contributed by atoms with Crippen LogP contribution >= 0.6 is 0 Å². The van der Waals surface area contributed by atoms with E-state index in [0.717, 1.165) is 29.8 Å². The molecule has 0 spiro atoms. The lowest BCUT2D eigenvalue weighted by molar-refractivity contribution is 0.0713. The molecule has 3 aromatic rings. The predicted octanol–water partition coefficient (Wildman–Crippen LogP) is 2.48. The largest absolute Gasteiger partial charge is 0.388 e. The minimum absolute atomic E-state index is 0.142. The first kappa shape index (κ1) is 13.1. The van der Waals surface area contributed by atoms with Crippen LogP contribution in [-0.2, 0) is 13.5 Å². The second kappa shape index (κ2) is 4.55. The molecule has 2 aromatic heterocycles. The van der Waals surface area contributed by atoms with Crippen LogP contribution in [0.2, 0.25) is 0 Å². The van der Waals surface area contributed by atoms with Gasteiger partial charge in [0, 0.05) is 29.8 Å². The topological polar surface area (TPSA) is 55.9 Å². The lowest BCUT2D eigenvalue weighted by atomic mass is 9.78. The van der Waals surface area contributed by atoms with Gasteiger partial charge >= 0.3 is 0 Å². The maximum atomic E-state index is 11.0. The Kier molecular flexibility index (Phi) is 2.59. The third-order valence-electron chi connectivity index (χ3n) is 5.46. The van der Waals surface area contributed by atoms with Gasteiger partial charge in [-0.1, -0.05) is 24.3 Å². The fourth-order valence-corrected chi connectivity index (χ4v) is 4.37. The summed E-state index contributed by atoms with van der Waals surface area (Å²) in [5.41, 5.74) is 5.82. The number of nitrogens with zero attached hydrogens (tertiary/aromatic N) is 4. The Morgan fingerprint density at radius 2 is 2.04 bits per heavy atom. The van der Waals surface area contributed by atoms with Gasteiger partial charge < -0.3 is 9.67 Å². The van der Waals surface area contributed by atoms with Crippen LogP contribution in [0.15, 0.2) is 43.0 Å². The molecule has 5 nitrogen and oxygen atoms in total. The number of aliphatic hydroxyl groups excluding tert-OH is 1. The molecule has 116 valence electrons. The number of aromatic nitrogens is 4. The molecule has 1 aliphatic carbocycles. The molecule has 5 heteroatoms. The Hall–Kier alpha value is -2.40. The fraction of sp³-hybridized carbons (Fsp3) is 0.333. The third-order valence-corrected chi connectivity index (χ3v) is 5.46. The number of benzene rings is 1. The molecule has 1 unspecified atom stereocenters. The molecular weight excluding hydrogens is 288 g/mol. The molecule has 1 N–H and O–H groups in total. The Morgan fingerprint density at radius 3 is 2.96 bits per heavy atom. The van der Waals surface area contributed by atoms with Crippen LogP contribution in [0.3, 0.4) is 0 Å². The highest BCUT2D eigenvalue weighted by atomic mass is 16.3. The Morgan fingerprint density at radius 1 is 1.17 bits per heavy atom. The highest BCUT2D eigenvalue weighted by Gasteiger charge is 2.41. The number of imidazole rings is 1. The van der Waals surface area contributed by atoms with Crippen molar-refractivity contribution in [1.29, 1.82) is 0 Å². The third kappa shape index (κ3) is 1.65. The molecule has 0 amide bonds. The predicted molar refractivity (Wildman–Crippen MR) is 85.8 cm³/mol. The van der Waals surface area contributed by atoms with E-state index in [1.54, 1.807) is 0 Å². The maximum absolute atomic E-state index is 11.0. The molecule has 5 rings (SSSR count). The highest BCUT2D eigenvalue weighted by Crippen LogP contribution is 2.49. The van der Waals surface area contributed by atoms with Crippen LogP contribution in [-0.4, -0.2) is 24.4 Å². The first-order valence-electron chi connectivity index (χ1n) is 8.05. The van der Waals surface area contributed by atoms with Crippen molar-refractivity contribution in [3.05, 3.63) is 59.8 Å². The van der Waals surface area contributed by atoms with Crippen molar-refractivity contribution >= 4 is 0 Å². The fourth-order valence-electron chi connectivity index (χ4n) is 4.37. The average Bonchev–Trinajstić information content (AvgIpc) is 3.24. The van der Waals surface area contributed by atoms with Crippen LogP contribution < -0.4 is 0 Å². The molecular formula is C18H18N4O. The van der Waals surface area contributed by atoms with Gasteiger partial charge in [0.2, 0.25) is 0 Å². The second-order valence-electron chi connectivity index (χ2n) is 6.54. The van der Waals surface area contributed by atoms with Gasteiger partial charge in [-0.3, -0.25) is 4.68 Å². The second-order valence-corrected chi connectivity index (χ2v) is 6.54. The Balaban J connectivity index is 1.63. The molecule has 0 bridgehead atoms. The summed E-state index contributed by atoms with van der Waals surface area (Å²) < 4.78 is 4.11. The normalized spacial score (nSPS) is 25.0. The van der Waals surface area contributed by atoms with Crippen molar-refractivity contribution in [2.75, 3.05) is 0 Å². The van der Waals surface area contributed by atoms with E-state index in [9.17, 15) is 5.11 Å². The van der Waals surface area contributed by atoms with Crippen LogP contribution in [0.5, 0.6) is 0 Å².